The lowest BCUT2D eigenvalue weighted by Crippen LogP contribution is -2.55. The summed E-state index contributed by atoms with van der Waals surface area (Å²) >= 11 is 0. The van der Waals surface area contributed by atoms with Gasteiger partial charge >= 0.3 is 0 Å². The summed E-state index contributed by atoms with van der Waals surface area (Å²) in [5.74, 6) is 0.612. The molecule has 0 aromatic carbocycles. The predicted molar refractivity (Wildman–Crippen MR) is 91.4 cm³/mol. The summed E-state index contributed by atoms with van der Waals surface area (Å²) in [6.07, 6.45) is 3.14. The number of carbonyl (C=O) groups excluding carboxylic acids is 2. The molecule has 3 heterocycles. The van der Waals surface area contributed by atoms with E-state index >= 15 is 0 Å². The second-order valence-corrected chi connectivity index (χ2v) is 7.25. The summed E-state index contributed by atoms with van der Waals surface area (Å²) in [5.41, 5.74) is 0.193. The maximum Gasteiger partial charge on any atom is 0.254 e. The van der Waals surface area contributed by atoms with Gasteiger partial charge in [-0.3, -0.25) is 9.59 Å². The molecule has 0 bridgehead atoms. The lowest BCUT2D eigenvalue weighted by molar-refractivity contribution is -0.170. The van der Waals surface area contributed by atoms with Crippen LogP contribution in [-0.4, -0.2) is 73.1 Å². The Morgan fingerprint density at radius 3 is 2.44 bits per heavy atom. The highest BCUT2D eigenvalue weighted by Crippen LogP contribution is 2.30. The second kappa shape index (κ2) is 7.00. The molecule has 25 heavy (non-hydrogen) atoms. The molecule has 2 amide bonds. The normalized spacial score (nSPS) is 19.9. The molecular formula is C18H25N3O4. The molecule has 7 heteroatoms. The topological polar surface area (TPSA) is 72.0 Å². The molecule has 0 saturated carbocycles. The van der Waals surface area contributed by atoms with E-state index in [1.165, 1.54) is 11.1 Å². The standard InChI is InChI=1S/C18H25N3O4/c1-18(11-24-12-18)17(23)21-8-6-14(7-9-21)25-15-5-4-13(10-19-15)16(22)20(2)3/h4-5,10,14H,6-9,11-12H2,1-3H3. The van der Waals surface area contributed by atoms with E-state index in [2.05, 4.69) is 4.98 Å². The van der Waals surface area contributed by atoms with Crippen molar-refractivity contribution in [2.24, 2.45) is 5.41 Å². The summed E-state index contributed by atoms with van der Waals surface area (Å²) in [6, 6.07) is 3.45. The number of ether oxygens (including phenoxy) is 2. The maximum atomic E-state index is 12.5. The summed E-state index contributed by atoms with van der Waals surface area (Å²) in [5, 5.41) is 0. The number of amides is 2. The highest BCUT2D eigenvalue weighted by atomic mass is 16.5. The van der Waals surface area contributed by atoms with Crippen LogP contribution >= 0.6 is 0 Å². The third kappa shape index (κ3) is 3.76. The quantitative estimate of drug-likeness (QED) is 0.818. The lowest BCUT2D eigenvalue weighted by atomic mass is 9.86. The van der Waals surface area contributed by atoms with E-state index in [0.29, 0.717) is 37.7 Å². The molecule has 2 aliphatic rings. The van der Waals surface area contributed by atoms with E-state index in [-0.39, 0.29) is 23.3 Å². The molecule has 0 spiro atoms. The number of hydrogen-bond donors (Lipinski definition) is 0. The van der Waals surface area contributed by atoms with E-state index in [1.807, 2.05) is 11.8 Å². The largest absolute Gasteiger partial charge is 0.474 e. The third-order valence-corrected chi connectivity index (χ3v) is 4.76. The van der Waals surface area contributed by atoms with Crippen molar-refractivity contribution in [2.45, 2.75) is 25.9 Å². The fraction of sp³-hybridized carbons (Fsp3) is 0.611. The Morgan fingerprint density at radius 2 is 1.96 bits per heavy atom. The van der Waals surface area contributed by atoms with Crippen LogP contribution in [0.3, 0.4) is 0 Å². The van der Waals surface area contributed by atoms with Crippen molar-refractivity contribution in [1.82, 2.24) is 14.8 Å². The Hall–Kier alpha value is -2.15. The molecule has 0 unspecified atom stereocenters. The highest BCUT2D eigenvalue weighted by molar-refractivity contribution is 5.93. The Kier molecular flexibility index (Phi) is 4.94. The molecule has 0 atom stereocenters. The van der Waals surface area contributed by atoms with E-state index in [4.69, 9.17) is 9.47 Å². The number of piperidine rings is 1. The van der Waals surface area contributed by atoms with Crippen LogP contribution in [0.5, 0.6) is 5.88 Å². The van der Waals surface area contributed by atoms with E-state index < -0.39 is 0 Å². The molecule has 0 aliphatic carbocycles. The molecule has 136 valence electrons. The molecule has 3 rings (SSSR count). The van der Waals surface area contributed by atoms with Crippen molar-refractivity contribution in [2.75, 3.05) is 40.4 Å². The van der Waals surface area contributed by atoms with Gasteiger partial charge in [-0.05, 0) is 13.0 Å². The van der Waals surface area contributed by atoms with Gasteiger partial charge in [0.15, 0.2) is 0 Å². The van der Waals surface area contributed by atoms with Gasteiger partial charge in [0.25, 0.3) is 5.91 Å². The van der Waals surface area contributed by atoms with Crippen molar-refractivity contribution >= 4 is 11.8 Å². The number of pyridine rings is 1. The third-order valence-electron chi connectivity index (χ3n) is 4.76. The number of nitrogens with zero attached hydrogens (tertiary/aromatic N) is 3. The van der Waals surface area contributed by atoms with E-state index in [9.17, 15) is 9.59 Å². The van der Waals surface area contributed by atoms with Gasteiger partial charge in [0.2, 0.25) is 11.8 Å². The SMILES string of the molecule is CN(C)C(=O)c1ccc(OC2CCN(C(=O)C3(C)COC3)CC2)nc1. The van der Waals surface area contributed by atoms with Crippen molar-refractivity contribution in [3.05, 3.63) is 23.9 Å². The predicted octanol–water partition coefficient (Wildman–Crippen LogP) is 1.19. The smallest absolute Gasteiger partial charge is 0.254 e. The van der Waals surface area contributed by atoms with E-state index in [0.717, 1.165) is 12.8 Å². The first kappa shape index (κ1) is 17.7. The van der Waals surface area contributed by atoms with Gasteiger partial charge < -0.3 is 19.3 Å². The van der Waals surface area contributed by atoms with Gasteiger partial charge in [-0.1, -0.05) is 0 Å². The fourth-order valence-corrected chi connectivity index (χ4v) is 3.10. The van der Waals surface area contributed by atoms with Gasteiger partial charge in [-0.25, -0.2) is 4.98 Å². The molecule has 2 aliphatic heterocycles. The molecule has 2 fully saturated rings. The fourth-order valence-electron chi connectivity index (χ4n) is 3.10. The van der Waals surface area contributed by atoms with E-state index in [1.54, 1.807) is 26.2 Å². The first-order valence-electron chi connectivity index (χ1n) is 8.60. The summed E-state index contributed by atoms with van der Waals surface area (Å²) in [4.78, 5) is 32.0. The Labute approximate surface area is 147 Å². The molecular weight excluding hydrogens is 322 g/mol. The monoisotopic (exact) mass is 347 g/mol. The minimum Gasteiger partial charge on any atom is -0.474 e. The number of aromatic nitrogens is 1. The van der Waals surface area contributed by atoms with Gasteiger partial charge in [0.1, 0.15) is 6.10 Å². The van der Waals surface area contributed by atoms with Gasteiger partial charge in [-0.15, -0.1) is 0 Å². The number of rotatable bonds is 4. The molecule has 0 radical (unpaired) electrons. The highest BCUT2D eigenvalue weighted by Gasteiger charge is 2.44. The summed E-state index contributed by atoms with van der Waals surface area (Å²) < 4.78 is 11.1. The zero-order valence-corrected chi connectivity index (χ0v) is 15.0. The molecule has 1 aromatic heterocycles. The van der Waals surface area contributed by atoms with Crippen molar-refractivity contribution in [1.29, 1.82) is 0 Å². The van der Waals surface area contributed by atoms with Gasteiger partial charge in [0.05, 0.1) is 24.2 Å². The molecule has 2 saturated heterocycles. The van der Waals surface area contributed by atoms with Crippen LogP contribution in [0, 0.1) is 5.41 Å². The van der Waals surface area contributed by atoms with Crippen molar-refractivity contribution in [3.8, 4) is 5.88 Å². The maximum absolute atomic E-state index is 12.5. The van der Waals surface area contributed by atoms with Crippen LogP contribution in [0.1, 0.15) is 30.1 Å². The summed E-state index contributed by atoms with van der Waals surface area (Å²) in [7, 11) is 3.41. The van der Waals surface area contributed by atoms with Crippen LogP contribution in [-0.2, 0) is 9.53 Å². The van der Waals surface area contributed by atoms with Gasteiger partial charge in [0, 0.05) is 52.3 Å². The molecule has 7 nitrogen and oxygen atoms in total. The molecule has 1 aromatic rings. The first-order valence-corrected chi connectivity index (χ1v) is 8.60. The van der Waals surface area contributed by atoms with Crippen molar-refractivity contribution in [3.63, 3.8) is 0 Å². The van der Waals surface area contributed by atoms with Crippen LogP contribution < -0.4 is 4.74 Å². The Morgan fingerprint density at radius 1 is 1.28 bits per heavy atom. The zero-order chi connectivity index (χ0) is 18.0. The first-order chi connectivity index (χ1) is 11.9. The average molecular weight is 347 g/mol. The molecule has 0 N–H and O–H groups in total. The van der Waals surface area contributed by atoms with Crippen LogP contribution in [0.2, 0.25) is 0 Å². The minimum absolute atomic E-state index is 0.0393. The van der Waals surface area contributed by atoms with Crippen LogP contribution in [0.4, 0.5) is 0 Å². The lowest BCUT2D eigenvalue weighted by Gasteiger charge is -2.42. The van der Waals surface area contributed by atoms with Crippen molar-refractivity contribution < 1.29 is 19.1 Å². The number of carbonyl (C=O) groups is 2. The summed E-state index contributed by atoms with van der Waals surface area (Å²) in [6.45, 7) is 4.38. The Balaban J connectivity index is 1.50. The zero-order valence-electron chi connectivity index (χ0n) is 15.0. The average Bonchev–Trinajstić information content (AvgIpc) is 2.59. The van der Waals surface area contributed by atoms with Gasteiger partial charge in [-0.2, -0.15) is 0 Å². The number of likely N-dealkylation sites (tertiary alicyclic amines) is 1. The van der Waals surface area contributed by atoms with Crippen LogP contribution in [0.15, 0.2) is 18.3 Å². The Bertz CT molecular complexity index is 632. The van der Waals surface area contributed by atoms with Crippen LogP contribution in [0.25, 0.3) is 0 Å². The number of hydrogen-bond acceptors (Lipinski definition) is 5. The second-order valence-electron chi connectivity index (χ2n) is 7.25. The minimum atomic E-state index is -0.343.